The first-order chi connectivity index (χ1) is 10.2. The Balaban J connectivity index is 1.66. The maximum absolute atomic E-state index is 12.3. The van der Waals surface area contributed by atoms with Gasteiger partial charge >= 0.3 is 0 Å². The average Bonchev–Trinajstić information content (AvgIpc) is 2.97. The first-order valence-electron chi connectivity index (χ1n) is 7.31. The van der Waals surface area contributed by atoms with Gasteiger partial charge in [0.2, 0.25) is 0 Å². The molecule has 0 amide bonds. The summed E-state index contributed by atoms with van der Waals surface area (Å²) in [4.78, 5) is 12.3. The Kier molecular flexibility index (Phi) is 3.87. The van der Waals surface area contributed by atoms with E-state index in [0.29, 0.717) is 18.1 Å². The molecule has 3 rings (SSSR count). The maximum atomic E-state index is 12.3. The first kappa shape index (κ1) is 13.6. The number of furan rings is 1. The van der Waals surface area contributed by atoms with Crippen molar-refractivity contribution in [2.75, 3.05) is 0 Å². The standard InChI is InChI=1S/C19H18O2/c1-14(15-7-3-2-4-8-15)11-12-17(20)19-13-16-9-5-6-10-18(16)21-19/h2-10,13-14H,11-12H2,1H3/t14-/m1/s1. The lowest BCUT2D eigenvalue weighted by Gasteiger charge is -2.10. The van der Waals surface area contributed by atoms with Crippen LogP contribution in [0.5, 0.6) is 0 Å². The predicted octanol–water partition coefficient (Wildman–Crippen LogP) is 5.20. The summed E-state index contributed by atoms with van der Waals surface area (Å²) in [5, 5.41) is 0.983. The molecular formula is C19H18O2. The Hall–Kier alpha value is -2.35. The van der Waals surface area contributed by atoms with Gasteiger partial charge in [0, 0.05) is 11.8 Å². The molecule has 0 saturated carbocycles. The van der Waals surface area contributed by atoms with Crippen molar-refractivity contribution in [3.05, 3.63) is 72.0 Å². The minimum atomic E-state index is 0.0778. The van der Waals surface area contributed by atoms with E-state index in [1.165, 1.54) is 5.56 Å². The van der Waals surface area contributed by atoms with Gasteiger partial charge < -0.3 is 4.42 Å². The Morgan fingerprint density at radius 1 is 1.05 bits per heavy atom. The van der Waals surface area contributed by atoms with Crippen LogP contribution in [0, 0.1) is 0 Å². The van der Waals surface area contributed by atoms with Gasteiger partial charge in [-0.3, -0.25) is 4.79 Å². The molecule has 0 saturated heterocycles. The lowest BCUT2D eigenvalue weighted by molar-refractivity contribution is 0.0953. The molecule has 0 spiro atoms. The average molecular weight is 278 g/mol. The molecule has 0 fully saturated rings. The molecule has 1 heterocycles. The van der Waals surface area contributed by atoms with E-state index in [9.17, 15) is 4.79 Å². The van der Waals surface area contributed by atoms with Gasteiger partial charge in [0.15, 0.2) is 11.5 Å². The number of para-hydroxylation sites is 1. The van der Waals surface area contributed by atoms with E-state index in [0.717, 1.165) is 17.4 Å². The smallest absolute Gasteiger partial charge is 0.198 e. The van der Waals surface area contributed by atoms with E-state index in [2.05, 4.69) is 19.1 Å². The van der Waals surface area contributed by atoms with Crippen molar-refractivity contribution in [2.45, 2.75) is 25.7 Å². The zero-order chi connectivity index (χ0) is 14.7. The summed E-state index contributed by atoms with van der Waals surface area (Å²) in [6.07, 6.45) is 1.34. The summed E-state index contributed by atoms with van der Waals surface area (Å²) < 4.78 is 5.62. The lowest BCUT2D eigenvalue weighted by Crippen LogP contribution is -2.01. The Bertz CT molecular complexity index is 707. The van der Waals surface area contributed by atoms with E-state index in [-0.39, 0.29) is 5.78 Å². The molecule has 0 aliphatic carbocycles. The van der Waals surface area contributed by atoms with E-state index in [4.69, 9.17) is 4.42 Å². The molecule has 106 valence electrons. The third-order valence-corrected chi connectivity index (χ3v) is 3.87. The minimum Gasteiger partial charge on any atom is -0.453 e. The quantitative estimate of drug-likeness (QED) is 0.600. The number of benzene rings is 2. The summed E-state index contributed by atoms with van der Waals surface area (Å²) in [6, 6.07) is 19.8. The van der Waals surface area contributed by atoms with Crippen LogP contribution in [0.4, 0.5) is 0 Å². The van der Waals surface area contributed by atoms with Gasteiger partial charge in [0.1, 0.15) is 5.58 Å². The molecule has 0 aliphatic heterocycles. The summed E-state index contributed by atoms with van der Waals surface area (Å²) >= 11 is 0. The molecule has 2 aromatic carbocycles. The van der Waals surface area contributed by atoms with Gasteiger partial charge in [-0.15, -0.1) is 0 Å². The number of Topliss-reactive ketones (excluding diaryl/α,β-unsaturated/α-hetero) is 1. The molecule has 0 radical (unpaired) electrons. The summed E-state index contributed by atoms with van der Waals surface area (Å²) in [5.74, 6) is 0.921. The highest BCUT2D eigenvalue weighted by atomic mass is 16.3. The zero-order valence-corrected chi connectivity index (χ0v) is 12.1. The normalized spacial score (nSPS) is 12.4. The highest BCUT2D eigenvalue weighted by Gasteiger charge is 2.14. The predicted molar refractivity (Wildman–Crippen MR) is 84.6 cm³/mol. The molecule has 2 heteroatoms. The number of rotatable bonds is 5. The van der Waals surface area contributed by atoms with Crippen molar-refractivity contribution in [1.82, 2.24) is 0 Å². The second-order valence-electron chi connectivity index (χ2n) is 5.42. The fraction of sp³-hybridized carbons (Fsp3) is 0.211. The van der Waals surface area contributed by atoms with Crippen LogP contribution in [-0.4, -0.2) is 5.78 Å². The highest BCUT2D eigenvalue weighted by molar-refractivity contribution is 5.97. The van der Waals surface area contributed by atoms with Crippen molar-refractivity contribution in [1.29, 1.82) is 0 Å². The van der Waals surface area contributed by atoms with Crippen molar-refractivity contribution in [3.8, 4) is 0 Å². The van der Waals surface area contributed by atoms with E-state index < -0.39 is 0 Å². The number of ketones is 1. The van der Waals surface area contributed by atoms with Crippen LogP contribution in [0.1, 0.15) is 41.8 Å². The van der Waals surface area contributed by atoms with E-state index in [1.807, 2.05) is 48.5 Å². The van der Waals surface area contributed by atoms with Crippen LogP contribution in [0.3, 0.4) is 0 Å². The molecule has 0 N–H and O–H groups in total. The summed E-state index contributed by atoms with van der Waals surface area (Å²) in [5.41, 5.74) is 2.05. The SMILES string of the molecule is C[C@H](CCC(=O)c1cc2ccccc2o1)c1ccccc1. The van der Waals surface area contributed by atoms with Gasteiger partial charge in [0.05, 0.1) is 0 Å². The largest absolute Gasteiger partial charge is 0.453 e. The van der Waals surface area contributed by atoms with Crippen LogP contribution in [0.15, 0.2) is 65.1 Å². The molecule has 1 aromatic heterocycles. The summed E-state index contributed by atoms with van der Waals surface area (Å²) in [6.45, 7) is 2.15. The molecule has 1 atom stereocenters. The van der Waals surface area contributed by atoms with Gasteiger partial charge in [0.25, 0.3) is 0 Å². The fourth-order valence-electron chi connectivity index (χ4n) is 2.54. The second kappa shape index (κ2) is 5.96. The molecule has 0 aliphatic rings. The van der Waals surface area contributed by atoms with Gasteiger partial charge in [-0.05, 0) is 30.0 Å². The van der Waals surface area contributed by atoms with Crippen molar-refractivity contribution in [3.63, 3.8) is 0 Å². The number of fused-ring (bicyclic) bond motifs is 1. The van der Waals surface area contributed by atoms with Crippen molar-refractivity contribution >= 4 is 16.8 Å². The topological polar surface area (TPSA) is 30.2 Å². The van der Waals surface area contributed by atoms with Gasteiger partial charge in [-0.2, -0.15) is 0 Å². The number of carbonyl (C=O) groups excluding carboxylic acids is 1. The van der Waals surface area contributed by atoms with Crippen LogP contribution in [0.2, 0.25) is 0 Å². The number of carbonyl (C=O) groups is 1. The Morgan fingerprint density at radius 2 is 1.76 bits per heavy atom. The van der Waals surface area contributed by atoms with Crippen LogP contribution < -0.4 is 0 Å². The lowest BCUT2D eigenvalue weighted by atomic mass is 9.95. The van der Waals surface area contributed by atoms with E-state index >= 15 is 0 Å². The molecule has 2 nitrogen and oxygen atoms in total. The number of hydrogen-bond acceptors (Lipinski definition) is 2. The number of hydrogen-bond donors (Lipinski definition) is 0. The molecular weight excluding hydrogens is 260 g/mol. The molecule has 21 heavy (non-hydrogen) atoms. The Morgan fingerprint density at radius 3 is 2.52 bits per heavy atom. The summed E-state index contributed by atoms with van der Waals surface area (Å²) in [7, 11) is 0. The highest BCUT2D eigenvalue weighted by Crippen LogP contribution is 2.24. The van der Waals surface area contributed by atoms with E-state index in [1.54, 1.807) is 0 Å². The maximum Gasteiger partial charge on any atom is 0.198 e. The monoisotopic (exact) mass is 278 g/mol. The van der Waals surface area contributed by atoms with Crippen LogP contribution in [0.25, 0.3) is 11.0 Å². The molecule has 0 bridgehead atoms. The fourth-order valence-corrected chi connectivity index (χ4v) is 2.54. The van der Waals surface area contributed by atoms with Gasteiger partial charge in [-0.1, -0.05) is 55.5 Å². The molecule has 0 unspecified atom stereocenters. The minimum absolute atomic E-state index is 0.0778. The van der Waals surface area contributed by atoms with Gasteiger partial charge in [-0.25, -0.2) is 0 Å². The first-order valence-corrected chi connectivity index (χ1v) is 7.31. The third-order valence-electron chi connectivity index (χ3n) is 3.87. The van der Waals surface area contributed by atoms with Crippen LogP contribution in [-0.2, 0) is 0 Å². The third kappa shape index (κ3) is 3.05. The second-order valence-corrected chi connectivity index (χ2v) is 5.42. The van der Waals surface area contributed by atoms with Crippen LogP contribution >= 0.6 is 0 Å². The van der Waals surface area contributed by atoms with Crippen molar-refractivity contribution in [2.24, 2.45) is 0 Å². The zero-order valence-electron chi connectivity index (χ0n) is 12.1. The Labute approximate surface area is 124 Å². The van der Waals surface area contributed by atoms with Crippen molar-refractivity contribution < 1.29 is 9.21 Å². The molecule has 3 aromatic rings.